The number of aromatic nitrogens is 2. The van der Waals surface area contributed by atoms with Crippen LogP contribution in [0.3, 0.4) is 0 Å². The Kier molecular flexibility index (Phi) is 3.87. The van der Waals surface area contributed by atoms with Crippen molar-refractivity contribution in [3.63, 3.8) is 0 Å². The number of piperidine rings is 1. The van der Waals surface area contributed by atoms with Gasteiger partial charge in [0.25, 0.3) is 0 Å². The lowest BCUT2D eigenvalue weighted by atomic mass is 9.97. The summed E-state index contributed by atoms with van der Waals surface area (Å²) in [6, 6.07) is 6.02. The molecular formula is C15H16FN3O. The van der Waals surface area contributed by atoms with Gasteiger partial charge in [0.15, 0.2) is 5.75 Å². The van der Waals surface area contributed by atoms with Crippen molar-refractivity contribution in [2.45, 2.75) is 18.8 Å². The largest absolute Gasteiger partial charge is 0.454 e. The first kappa shape index (κ1) is 13.0. The minimum absolute atomic E-state index is 0.324. The Balaban J connectivity index is 1.69. The van der Waals surface area contributed by atoms with Gasteiger partial charge in [-0.1, -0.05) is 6.07 Å². The molecule has 1 aliphatic heterocycles. The minimum Gasteiger partial charge on any atom is -0.454 e. The van der Waals surface area contributed by atoms with E-state index in [1.54, 1.807) is 24.5 Å². The average molecular weight is 273 g/mol. The summed E-state index contributed by atoms with van der Waals surface area (Å²) in [6.07, 6.45) is 5.42. The van der Waals surface area contributed by atoms with Crippen LogP contribution >= 0.6 is 0 Å². The fourth-order valence-corrected chi connectivity index (χ4v) is 2.34. The number of hydrogen-bond acceptors (Lipinski definition) is 4. The quantitative estimate of drug-likeness (QED) is 0.934. The van der Waals surface area contributed by atoms with Crippen molar-refractivity contribution in [3.05, 3.63) is 48.3 Å². The molecule has 5 heteroatoms. The van der Waals surface area contributed by atoms with Crippen LogP contribution < -0.4 is 10.1 Å². The molecule has 104 valence electrons. The summed E-state index contributed by atoms with van der Waals surface area (Å²) in [5.41, 5.74) is 0. The summed E-state index contributed by atoms with van der Waals surface area (Å²) in [5, 5.41) is 3.32. The summed E-state index contributed by atoms with van der Waals surface area (Å²) in [4.78, 5) is 8.73. The standard InChI is InChI=1S/C15H16FN3O/c16-12-2-1-3-13(8-12)20-14-9-18-15(19-10-14)11-4-6-17-7-5-11/h1-3,8-11,17H,4-7H2. The van der Waals surface area contributed by atoms with E-state index in [9.17, 15) is 4.39 Å². The molecule has 20 heavy (non-hydrogen) atoms. The van der Waals surface area contributed by atoms with Crippen LogP contribution in [0.2, 0.25) is 0 Å². The van der Waals surface area contributed by atoms with Crippen LogP contribution in [-0.4, -0.2) is 23.1 Å². The summed E-state index contributed by atoms with van der Waals surface area (Å²) < 4.78 is 18.6. The molecule has 0 unspecified atom stereocenters. The van der Waals surface area contributed by atoms with E-state index in [1.165, 1.54) is 12.1 Å². The van der Waals surface area contributed by atoms with Gasteiger partial charge in [-0.2, -0.15) is 0 Å². The Morgan fingerprint density at radius 1 is 1.10 bits per heavy atom. The van der Waals surface area contributed by atoms with Crippen LogP contribution in [0, 0.1) is 5.82 Å². The maximum atomic E-state index is 13.1. The molecule has 0 atom stereocenters. The number of nitrogens with one attached hydrogen (secondary N) is 1. The van der Waals surface area contributed by atoms with Crippen LogP contribution in [0.1, 0.15) is 24.6 Å². The molecule has 2 aromatic rings. The van der Waals surface area contributed by atoms with Gasteiger partial charge in [0, 0.05) is 12.0 Å². The SMILES string of the molecule is Fc1cccc(Oc2cnc(C3CCNCC3)nc2)c1. The van der Waals surface area contributed by atoms with E-state index >= 15 is 0 Å². The maximum Gasteiger partial charge on any atom is 0.164 e. The molecule has 1 N–H and O–H groups in total. The number of rotatable bonds is 3. The third-order valence-electron chi connectivity index (χ3n) is 3.38. The fourth-order valence-electron chi connectivity index (χ4n) is 2.34. The lowest BCUT2D eigenvalue weighted by Gasteiger charge is -2.21. The normalized spacial score (nSPS) is 16.1. The zero-order chi connectivity index (χ0) is 13.8. The molecule has 1 aromatic heterocycles. The van der Waals surface area contributed by atoms with Crippen LogP contribution in [-0.2, 0) is 0 Å². The Labute approximate surface area is 117 Å². The molecule has 2 heterocycles. The number of ether oxygens (including phenoxy) is 1. The molecule has 1 saturated heterocycles. The van der Waals surface area contributed by atoms with E-state index < -0.39 is 0 Å². The summed E-state index contributed by atoms with van der Waals surface area (Å²) >= 11 is 0. The van der Waals surface area contributed by atoms with E-state index in [-0.39, 0.29) is 5.82 Å². The van der Waals surface area contributed by atoms with E-state index in [0.717, 1.165) is 31.8 Å². The third-order valence-corrected chi connectivity index (χ3v) is 3.38. The topological polar surface area (TPSA) is 47.0 Å². The Morgan fingerprint density at radius 3 is 2.55 bits per heavy atom. The van der Waals surface area contributed by atoms with Crippen LogP contribution in [0.15, 0.2) is 36.7 Å². The number of nitrogens with zero attached hydrogens (tertiary/aromatic N) is 2. The van der Waals surface area contributed by atoms with Crippen molar-refractivity contribution in [1.29, 1.82) is 0 Å². The van der Waals surface area contributed by atoms with Crippen molar-refractivity contribution in [1.82, 2.24) is 15.3 Å². The van der Waals surface area contributed by atoms with E-state index in [4.69, 9.17) is 4.74 Å². The van der Waals surface area contributed by atoms with Crippen molar-refractivity contribution in [3.8, 4) is 11.5 Å². The maximum absolute atomic E-state index is 13.1. The number of halogens is 1. The zero-order valence-electron chi connectivity index (χ0n) is 11.1. The van der Waals surface area contributed by atoms with Gasteiger partial charge in [0.05, 0.1) is 12.4 Å². The molecular weight excluding hydrogens is 257 g/mol. The first-order chi connectivity index (χ1) is 9.81. The van der Waals surface area contributed by atoms with Crippen LogP contribution in [0.4, 0.5) is 4.39 Å². The Hall–Kier alpha value is -2.01. The lowest BCUT2D eigenvalue weighted by molar-refractivity contribution is 0.438. The van der Waals surface area contributed by atoms with Crippen molar-refractivity contribution >= 4 is 0 Å². The second kappa shape index (κ2) is 5.96. The minimum atomic E-state index is -0.324. The molecule has 0 bridgehead atoms. The summed E-state index contributed by atoms with van der Waals surface area (Å²) in [5.74, 6) is 1.92. The van der Waals surface area contributed by atoms with Crippen LogP contribution in [0.5, 0.6) is 11.5 Å². The summed E-state index contributed by atoms with van der Waals surface area (Å²) in [6.45, 7) is 2.02. The molecule has 1 aromatic carbocycles. The average Bonchev–Trinajstić information content (AvgIpc) is 2.49. The first-order valence-corrected chi connectivity index (χ1v) is 6.77. The van der Waals surface area contributed by atoms with E-state index in [2.05, 4.69) is 15.3 Å². The highest BCUT2D eigenvalue weighted by molar-refractivity contribution is 5.28. The van der Waals surface area contributed by atoms with Gasteiger partial charge in [-0.05, 0) is 38.1 Å². The second-order valence-corrected chi connectivity index (χ2v) is 4.86. The molecule has 0 saturated carbocycles. The Bertz CT molecular complexity index is 568. The monoisotopic (exact) mass is 273 g/mol. The molecule has 1 aliphatic rings. The van der Waals surface area contributed by atoms with Gasteiger partial charge in [-0.25, -0.2) is 14.4 Å². The van der Waals surface area contributed by atoms with E-state index in [0.29, 0.717) is 17.4 Å². The van der Waals surface area contributed by atoms with Gasteiger partial charge in [-0.3, -0.25) is 0 Å². The Morgan fingerprint density at radius 2 is 1.85 bits per heavy atom. The molecule has 0 aliphatic carbocycles. The molecule has 1 fully saturated rings. The van der Waals surface area contributed by atoms with Crippen LogP contribution in [0.25, 0.3) is 0 Å². The third kappa shape index (κ3) is 3.11. The smallest absolute Gasteiger partial charge is 0.164 e. The van der Waals surface area contributed by atoms with Crippen molar-refractivity contribution in [2.75, 3.05) is 13.1 Å². The second-order valence-electron chi connectivity index (χ2n) is 4.86. The van der Waals surface area contributed by atoms with Gasteiger partial charge >= 0.3 is 0 Å². The summed E-state index contributed by atoms with van der Waals surface area (Å²) in [7, 11) is 0. The van der Waals surface area contributed by atoms with Gasteiger partial charge in [0.1, 0.15) is 17.4 Å². The number of hydrogen-bond donors (Lipinski definition) is 1. The highest BCUT2D eigenvalue weighted by Gasteiger charge is 2.17. The predicted molar refractivity (Wildman–Crippen MR) is 73.4 cm³/mol. The van der Waals surface area contributed by atoms with Gasteiger partial charge < -0.3 is 10.1 Å². The fraction of sp³-hybridized carbons (Fsp3) is 0.333. The molecule has 0 radical (unpaired) electrons. The van der Waals surface area contributed by atoms with Crippen molar-refractivity contribution in [2.24, 2.45) is 0 Å². The van der Waals surface area contributed by atoms with Crippen molar-refractivity contribution < 1.29 is 9.13 Å². The predicted octanol–water partition coefficient (Wildman–Crippen LogP) is 2.88. The highest BCUT2D eigenvalue weighted by Crippen LogP contribution is 2.24. The first-order valence-electron chi connectivity index (χ1n) is 6.77. The van der Waals surface area contributed by atoms with Gasteiger partial charge in [-0.15, -0.1) is 0 Å². The molecule has 0 spiro atoms. The van der Waals surface area contributed by atoms with E-state index in [1.807, 2.05) is 0 Å². The molecule has 3 rings (SSSR count). The highest BCUT2D eigenvalue weighted by atomic mass is 19.1. The molecule has 0 amide bonds. The van der Waals surface area contributed by atoms with Gasteiger partial charge in [0.2, 0.25) is 0 Å². The lowest BCUT2D eigenvalue weighted by Crippen LogP contribution is -2.27. The zero-order valence-corrected chi connectivity index (χ0v) is 11.1. The number of benzene rings is 1. The molecule has 4 nitrogen and oxygen atoms in total.